The minimum atomic E-state index is -0.677. The highest BCUT2D eigenvalue weighted by Gasteiger charge is 2.15. The van der Waals surface area contributed by atoms with Crippen molar-refractivity contribution in [2.75, 3.05) is 24.6 Å². The first-order valence-electron chi connectivity index (χ1n) is 8.43. The normalized spacial score (nSPS) is 10.3. The fourth-order valence-electron chi connectivity index (χ4n) is 2.54. The van der Waals surface area contributed by atoms with Crippen LogP contribution >= 0.6 is 0 Å². The minimum absolute atomic E-state index is 0.344. The predicted molar refractivity (Wildman–Crippen MR) is 98.2 cm³/mol. The second-order valence-corrected chi connectivity index (χ2v) is 5.68. The highest BCUT2D eigenvalue weighted by atomic mass is 16.5. The lowest BCUT2D eigenvalue weighted by molar-refractivity contribution is -0.123. The van der Waals surface area contributed by atoms with Gasteiger partial charge in [0.1, 0.15) is 5.69 Å². The Labute approximate surface area is 152 Å². The zero-order valence-corrected chi connectivity index (χ0v) is 15.2. The van der Waals surface area contributed by atoms with E-state index in [4.69, 9.17) is 4.74 Å². The smallest absolute Gasteiger partial charge is 0.338 e. The average Bonchev–Trinajstić information content (AvgIpc) is 3.07. The zero-order valence-electron chi connectivity index (χ0n) is 15.2. The number of ether oxygens (including phenoxy) is 1. The molecule has 138 valence electrons. The molecule has 1 N–H and O–H groups in total. The molecule has 1 heterocycles. The molecule has 0 saturated heterocycles. The van der Waals surface area contributed by atoms with Crippen molar-refractivity contribution in [3.05, 3.63) is 53.9 Å². The Morgan fingerprint density at radius 3 is 2.27 bits per heavy atom. The molecule has 7 nitrogen and oxygen atoms in total. The van der Waals surface area contributed by atoms with Crippen molar-refractivity contribution in [1.29, 1.82) is 0 Å². The van der Waals surface area contributed by atoms with Crippen molar-refractivity contribution in [1.82, 2.24) is 9.88 Å². The lowest BCUT2D eigenvalue weighted by Gasteiger charge is -2.20. The first-order chi connectivity index (χ1) is 12.5. The molecule has 0 fully saturated rings. The maximum absolute atomic E-state index is 12.0. The van der Waals surface area contributed by atoms with Gasteiger partial charge in [-0.2, -0.15) is 0 Å². The van der Waals surface area contributed by atoms with Crippen molar-refractivity contribution in [3.63, 3.8) is 0 Å². The van der Waals surface area contributed by atoms with Gasteiger partial charge in [0, 0.05) is 32.0 Å². The minimum Gasteiger partial charge on any atom is -0.452 e. The van der Waals surface area contributed by atoms with E-state index in [1.807, 2.05) is 12.1 Å². The Bertz CT molecular complexity index is 776. The molecule has 0 aliphatic heterocycles. The van der Waals surface area contributed by atoms with Gasteiger partial charge in [0.2, 0.25) is 0 Å². The number of imide groups is 1. The number of nitrogens with zero attached hydrogens (tertiary/aromatic N) is 2. The van der Waals surface area contributed by atoms with Crippen molar-refractivity contribution in [2.24, 2.45) is 7.05 Å². The molecule has 7 heteroatoms. The first kappa shape index (κ1) is 19.2. The predicted octanol–water partition coefficient (Wildman–Crippen LogP) is 1.98. The molecular weight excluding hydrogens is 334 g/mol. The summed E-state index contributed by atoms with van der Waals surface area (Å²) in [7, 11) is 1.70. The number of aryl methyl sites for hydroxylation is 1. The van der Waals surface area contributed by atoms with Crippen molar-refractivity contribution >= 4 is 23.5 Å². The summed E-state index contributed by atoms with van der Waals surface area (Å²) in [4.78, 5) is 37.9. The maximum atomic E-state index is 12.0. The number of amides is 2. The fraction of sp³-hybridized carbons (Fsp3) is 0.316. The van der Waals surface area contributed by atoms with Gasteiger partial charge in [-0.15, -0.1) is 0 Å². The van der Waals surface area contributed by atoms with Crippen LogP contribution < -0.4 is 10.2 Å². The number of carbonyl (C=O) groups is 3. The Morgan fingerprint density at radius 1 is 1.08 bits per heavy atom. The summed E-state index contributed by atoms with van der Waals surface area (Å²) in [6.45, 7) is 5.33. The van der Waals surface area contributed by atoms with Gasteiger partial charge >= 0.3 is 5.97 Å². The topological polar surface area (TPSA) is 80.6 Å². The Morgan fingerprint density at radius 2 is 1.73 bits per heavy atom. The summed E-state index contributed by atoms with van der Waals surface area (Å²) in [6, 6.07) is 10.3. The maximum Gasteiger partial charge on any atom is 0.338 e. The van der Waals surface area contributed by atoms with Crippen LogP contribution in [0.5, 0.6) is 0 Å². The number of aromatic nitrogens is 1. The quantitative estimate of drug-likeness (QED) is 0.767. The fourth-order valence-corrected chi connectivity index (χ4v) is 2.54. The number of nitrogens with one attached hydrogen (secondary N) is 1. The third-order valence-electron chi connectivity index (χ3n) is 4.00. The van der Waals surface area contributed by atoms with Crippen LogP contribution in [0.3, 0.4) is 0 Å². The van der Waals surface area contributed by atoms with Gasteiger partial charge in [0.15, 0.2) is 6.61 Å². The summed E-state index contributed by atoms with van der Waals surface area (Å²) >= 11 is 0. The van der Waals surface area contributed by atoms with E-state index in [2.05, 4.69) is 24.1 Å². The average molecular weight is 357 g/mol. The molecule has 0 spiro atoms. The zero-order chi connectivity index (χ0) is 19.1. The van der Waals surface area contributed by atoms with Crippen molar-refractivity contribution < 1.29 is 19.1 Å². The van der Waals surface area contributed by atoms with Crippen LogP contribution in [-0.2, 0) is 16.6 Å². The first-order valence-corrected chi connectivity index (χ1v) is 8.43. The molecule has 0 saturated carbocycles. The third kappa shape index (κ3) is 4.72. The van der Waals surface area contributed by atoms with Crippen LogP contribution in [0.1, 0.15) is 34.7 Å². The van der Waals surface area contributed by atoms with Crippen molar-refractivity contribution in [3.8, 4) is 0 Å². The molecule has 0 bridgehead atoms. The lowest BCUT2D eigenvalue weighted by Crippen LogP contribution is -2.35. The van der Waals surface area contributed by atoms with Crippen LogP contribution in [0.2, 0.25) is 0 Å². The van der Waals surface area contributed by atoms with Gasteiger partial charge in [0.25, 0.3) is 11.8 Å². The molecule has 1 aromatic carbocycles. The van der Waals surface area contributed by atoms with Gasteiger partial charge in [-0.1, -0.05) is 0 Å². The van der Waals surface area contributed by atoms with Gasteiger partial charge in [-0.3, -0.25) is 14.9 Å². The van der Waals surface area contributed by atoms with E-state index in [-0.39, 0.29) is 0 Å². The van der Waals surface area contributed by atoms with E-state index in [0.717, 1.165) is 18.8 Å². The van der Waals surface area contributed by atoms with Crippen LogP contribution in [0.15, 0.2) is 42.6 Å². The van der Waals surface area contributed by atoms with Crippen LogP contribution in [-0.4, -0.2) is 42.0 Å². The van der Waals surface area contributed by atoms with Crippen molar-refractivity contribution in [2.45, 2.75) is 13.8 Å². The largest absolute Gasteiger partial charge is 0.452 e. The summed E-state index contributed by atoms with van der Waals surface area (Å²) < 4.78 is 6.56. The van der Waals surface area contributed by atoms with Gasteiger partial charge < -0.3 is 14.2 Å². The van der Waals surface area contributed by atoms with E-state index in [9.17, 15) is 14.4 Å². The molecule has 2 rings (SSSR count). The lowest BCUT2D eigenvalue weighted by atomic mass is 10.2. The highest BCUT2D eigenvalue weighted by Crippen LogP contribution is 2.15. The molecule has 26 heavy (non-hydrogen) atoms. The van der Waals surface area contributed by atoms with Crippen LogP contribution in [0, 0.1) is 0 Å². The van der Waals surface area contributed by atoms with E-state index in [0.29, 0.717) is 11.3 Å². The number of anilines is 1. The number of hydrogen-bond acceptors (Lipinski definition) is 5. The number of rotatable bonds is 7. The highest BCUT2D eigenvalue weighted by molar-refractivity contribution is 6.04. The molecule has 0 aliphatic rings. The van der Waals surface area contributed by atoms with E-state index < -0.39 is 24.4 Å². The number of hydrogen-bond donors (Lipinski definition) is 1. The SMILES string of the molecule is CCN(CC)c1ccc(C(=O)OCC(=O)NC(=O)c2cccn2C)cc1. The second kappa shape index (κ2) is 8.84. The number of carbonyl (C=O) groups excluding carboxylic acids is 3. The third-order valence-corrected chi connectivity index (χ3v) is 4.00. The molecule has 2 aromatic rings. The molecular formula is C19H23N3O4. The molecule has 1 aromatic heterocycles. The van der Waals surface area contributed by atoms with E-state index in [1.165, 1.54) is 0 Å². The number of benzene rings is 1. The van der Waals surface area contributed by atoms with E-state index in [1.54, 1.807) is 42.1 Å². The van der Waals surface area contributed by atoms with Gasteiger partial charge in [-0.05, 0) is 50.2 Å². The Hall–Kier alpha value is -3.09. The summed E-state index contributed by atoms with van der Waals surface area (Å²) in [6.07, 6.45) is 1.70. The monoisotopic (exact) mass is 357 g/mol. The molecule has 0 radical (unpaired) electrons. The van der Waals surface area contributed by atoms with Gasteiger partial charge in [-0.25, -0.2) is 4.79 Å². The standard InChI is InChI=1S/C19H23N3O4/c1-4-22(5-2)15-10-8-14(9-11-15)19(25)26-13-17(23)20-18(24)16-7-6-12-21(16)3/h6-12H,4-5,13H2,1-3H3,(H,20,23,24). The second-order valence-electron chi connectivity index (χ2n) is 5.68. The molecule has 2 amide bonds. The van der Waals surface area contributed by atoms with Crippen LogP contribution in [0.25, 0.3) is 0 Å². The van der Waals surface area contributed by atoms with Gasteiger partial charge in [0.05, 0.1) is 5.56 Å². The summed E-state index contributed by atoms with van der Waals surface area (Å²) in [5.74, 6) is -1.83. The Balaban J connectivity index is 1.87. The molecule has 0 atom stereocenters. The molecule has 0 aliphatic carbocycles. The number of esters is 1. The Kier molecular flexibility index (Phi) is 6.54. The van der Waals surface area contributed by atoms with E-state index >= 15 is 0 Å². The summed E-state index contributed by atoms with van der Waals surface area (Å²) in [5.41, 5.74) is 1.71. The summed E-state index contributed by atoms with van der Waals surface area (Å²) in [5, 5.41) is 2.19. The molecule has 0 unspecified atom stereocenters. The van der Waals surface area contributed by atoms with Crippen LogP contribution in [0.4, 0.5) is 5.69 Å².